The lowest BCUT2D eigenvalue weighted by Crippen LogP contribution is -2.20. The van der Waals surface area contributed by atoms with Crippen LogP contribution in [0.2, 0.25) is 0 Å². The minimum absolute atomic E-state index is 0.0868. The second-order valence-corrected chi connectivity index (χ2v) is 15.8. The molecule has 0 fully saturated rings. The van der Waals surface area contributed by atoms with Crippen LogP contribution in [-0.2, 0) is 5.41 Å². The number of allylic oxidation sites excluding steroid dienone is 4. The van der Waals surface area contributed by atoms with Crippen molar-refractivity contribution < 1.29 is 0 Å². The Hall–Kier alpha value is -6.48. The molecule has 262 valence electrons. The first kappa shape index (κ1) is 33.1. The summed E-state index contributed by atoms with van der Waals surface area (Å²) in [5, 5.41) is 5.14. The van der Waals surface area contributed by atoms with Crippen molar-refractivity contribution in [2.45, 2.75) is 18.8 Å². The largest absolute Gasteiger partial charge is 0.310 e. The van der Waals surface area contributed by atoms with E-state index in [0.29, 0.717) is 0 Å². The molecule has 1 aliphatic rings. The second kappa shape index (κ2) is 13.7. The number of para-hydroxylation sites is 1. The number of hydrogen-bond donors (Lipinski definition) is 0. The summed E-state index contributed by atoms with van der Waals surface area (Å²) in [4.78, 5) is 2.44. The monoisotopic (exact) mass is 721 g/mol. The van der Waals surface area contributed by atoms with Gasteiger partial charge >= 0.3 is 0 Å². The molecule has 0 amide bonds. The number of hydrogen-bond acceptors (Lipinski definition) is 2. The molecule has 0 aliphatic heterocycles. The van der Waals surface area contributed by atoms with Gasteiger partial charge < -0.3 is 4.90 Å². The van der Waals surface area contributed by atoms with Gasteiger partial charge in [0.2, 0.25) is 0 Å². The van der Waals surface area contributed by atoms with E-state index in [0.717, 1.165) is 23.5 Å². The quantitative estimate of drug-likeness (QED) is 0.158. The molecule has 55 heavy (non-hydrogen) atoms. The molecule has 1 heterocycles. The van der Waals surface area contributed by atoms with Gasteiger partial charge in [0, 0.05) is 48.1 Å². The van der Waals surface area contributed by atoms with Gasteiger partial charge in [0.15, 0.2) is 0 Å². The molecule has 0 N–H and O–H groups in total. The van der Waals surface area contributed by atoms with Gasteiger partial charge in [-0.1, -0.05) is 177 Å². The molecule has 9 aromatic rings. The van der Waals surface area contributed by atoms with E-state index in [1.807, 2.05) is 11.3 Å². The summed E-state index contributed by atoms with van der Waals surface area (Å²) < 4.78 is 2.63. The molecule has 0 radical (unpaired) electrons. The molecule has 2 heteroatoms. The maximum Gasteiger partial charge on any atom is 0.0540 e. The summed E-state index contributed by atoms with van der Waals surface area (Å²) in [6.45, 7) is 2.35. The van der Waals surface area contributed by atoms with Crippen molar-refractivity contribution in [1.29, 1.82) is 0 Å². The van der Waals surface area contributed by atoms with Crippen LogP contribution in [0.3, 0.4) is 0 Å². The summed E-state index contributed by atoms with van der Waals surface area (Å²) in [6, 6.07) is 68.7. The Morgan fingerprint density at radius 1 is 0.491 bits per heavy atom. The van der Waals surface area contributed by atoms with E-state index >= 15 is 0 Å². The normalized spacial score (nSPS) is 15.4. The molecular weight excluding hydrogens is 683 g/mol. The van der Waals surface area contributed by atoms with Gasteiger partial charge in [-0.3, -0.25) is 0 Å². The molecule has 8 aromatic carbocycles. The number of anilines is 3. The van der Waals surface area contributed by atoms with E-state index in [4.69, 9.17) is 0 Å². The average Bonchev–Trinajstić information content (AvgIpc) is 3.64. The Labute approximate surface area is 326 Å². The van der Waals surface area contributed by atoms with E-state index in [1.165, 1.54) is 69.9 Å². The van der Waals surface area contributed by atoms with Crippen LogP contribution in [0.1, 0.15) is 24.5 Å². The minimum atomic E-state index is -0.0868. The third kappa shape index (κ3) is 5.96. The highest BCUT2D eigenvalue weighted by Gasteiger charge is 2.26. The Bertz CT molecular complexity index is 2890. The van der Waals surface area contributed by atoms with Crippen LogP contribution in [0.5, 0.6) is 0 Å². The van der Waals surface area contributed by atoms with E-state index in [1.54, 1.807) is 0 Å². The summed E-state index contributed by atoms with van der Waals surface area (Å²) in [6.07, 6.45) is 8.02. The lowest BCUT2D eigenvalue weighted by molar-refractivity contribution is 0.601. The van der Waals surface area contributed by atoms with Crippen LogP contribution in [0.4, 0.5) is 17.1 Å². The van der Waals surface area contributed by atoms with Crippen molar-refractivity contribution in [2.24, 2.45) is 0 Å². The highest BCUT2D eigenvalue weighted by Crippen LogP contribution is 2.47. The van der Waals surface area contributed by atoms with Crippen molar-refractivity contribution in [3.05, 3.63) is 217 Å². The van der Waals surface area contributed by atoms with E-state index in [9.17, 15) is 0 Å². The molecular formula is C53H39NS. The minimum Gasteiger partial charge on any atom is -0.310 e. The van der Waals surface area contributed by atoms with Crippen molar-refractivity contribution in [1.82, 2.24) is 0 Å². The highest BCUT2D eigenvalue weighted by atomic mass is 32.1. The second-order valence-electron chi connectivity index (χ2n) is 14.7. The van der Waals surface area contributed by atoms with E-state index in [-0.39, 0.29) is 5.41 Å². The number of rotatable bonds is 7. The molecule has 0 saturated carbocycles. The van der Waals surface area contributed by atoms with Gasteiger partial charge in [0.05, 0.1) is 5.69 Å². The van der Waals surface area contributed by atoms with Gasteiger partial charge in [-0.05, 0) is 81.4 Å². The highest BCUT2D eigenvalue weighted by molar-refractivity contribution is 7.26. The molecule has 1 aliphatic carbocycles. The van der Waals surface area contributed by atoms with Gasteiger partial charge in [-0.2, -0.15) is 0 Å². The zero-order valence-electron chi connectivity index (χ0n) is 30.7. The standard InChI is InChI=1S/C53H39NS/c1-53(35-33-38(34-36-53)37-13-3-2-4-14-37)41-27-31-43(32-28-41)54(42-29-25-40(26-30-42)45-20-11-16-39-15-5-6-17-44(39)45)50-23-9-7-18-46(50)48-21-12-22-49-47-19-8-10-24-51(47)55-52(48)49/h2-35H,36H2,1H3. The first-order chi connectivity index (χ1) is 27.1. The summed E-state index contributed by atoms with van der Waals surface area (Å²) in [5.41, 5.74) is 12.1. The van der Waals surface area contributed by atoms with Crippen molar-refractivity contribution in [3.63, 3.8) is 0 Å². The maximum absolute atomic E-state index is 2.44. The molecule has 1 atom stereocenters. The van der Waals surface area contributed by atoms with Crippen molar-refractivity contribution in [2.75, 3.05) is 4.90 Å². The fourth-order valence-corrected chi connectivity index (χ4v) is 9.56. The predicted octanol–water partition coefficient (Wildman–Crippen LogP) is 15.3. The predicted molar refractivity (Wildman–Crippen MR) is 238 cm³/mol. The van der Waals surface area contributed by atoms with Crippen LogP contribution < -0.4 is 4.90 Å². The van der Waals surface area contributed by atoms with Crippen LogP contribution >= 0.6 is 11.3 Å². The molecule has 1 unspecified atom stereocenters. The van der Waals surface area contributed by atoms with Gasteiger partial charge in [0.25, 0.3) is 0 Å². The topological polar surface area (TPSA) is 3.24 Å². The molecule has 0 bridgehead atoms. The van der Waals surface area contributed by atoms with Crippen LogP contribution in [0.25, 0.3) is 58.8 Å². The van der Waals surface area contributed by atoms with Crippen LogP contribution in [0.15, 0.2) is 206 Å². The van der Waals surface area contributed by atoms with Gasteiger partial charge in [0.1, 0.15) is 0 Å². The summed E-state index contributed by atoms with van der Waals surface area (Å²) in [7, 11) is 0. The number of benzene rings is 8. The molecule has 10 rings (SSSR count). The van der Waals surface area contributed by atoms with Crippen LogP contribution in [-0.4, -0.2) is 0 Å². The van der Waals surface area contributed by atoms with E-state index in [2.05, 4.69) is 218 Å². The fraction of sp³-hybridized carbons (Fsp3) is 0.0566. The van der Waals surface area contributed by atoms with E-state index < -0.39 is 0 Å². The smallest absolute Gasteiger partial charge is 0.0540 e. The van der Waals surface area contributed by atoms with Crippen molar-refractivity contribution in [3.8, 4) is 22.3 Å². The SMILES string of the molecule is CC1(c2ccc(N(c3ccc(-c4cccc5ccccc45)cc3)c3ccccc3-c3cccc4c3sc3ccccc34)cc2)C=CC(c2ccccc2)=CC1. The molecule has 1 aromatic heterocycles. The molecule has 1 nitrogen and oxygen atoms in total. The Morgan fingerprint density at radius 2 is 1.11 bits per heavy atom. The third-order valence-corrected chi connectivity index (χ3v) is 12.6. The number of fused-ring (bicyclic) bond motifs is 4. The lowest BCUT2D eigenvalue weighted by Gasteiger charge is -2.31. The van der Waals surface area contributed by atoms with Gasteiger partial charge in [-0.25, -0.2) is 0 Å². The molecule has 0 saturated heterocycles. The zero-order chi connectivity index (χ0) is 36.8. The number of thiophene rings is 1. The van der Waals surface area contributed by atoms with Gasteiger partial charge in [-0.15, -0.1) is 11.3 Å². The Kier molecular flexibility index (Phi) is 8.27. The van der Waals surface area contributed by atoms with Crippen LogP contribution in [0, 0.1) is 0 Å². The maximum atomic E-state index is 2.44. The lowest BCUT2D eigenvalue weighted by atomic mass is 9.75. The molecule has 0 spiro atoms. The average molecular weight is 722 g/mol. The first-order valence-corrected chi connectivity index (χ1v) is 19.9. The summed E-state index contributed by atoms with van der Waals surface area (Å²) in [5.74, 6) is 0. The zero-order valence-corrected chi connectivity index (χ0v) is 31.5. The fourth-order valence-electron chi connectivity index (χ4n) is 8.33. The third-order valence-electron chi connectivity index (χ3n) is 11.3. The first-order valence-electron chi connectivity index (χ1n) is 19.1. The summed E-state index contributed by atoms with van der Waals surface area (Å²) >= 11 is 1.88. The number of nitrogens with zero attached hydrogens (tertiary/aromatic N) is 1. The Morgan fingerprint density at radius 3 is 1.91 bits per heavy atom. The Balaban J connectivity index is 1.08. The van der Waals surface area contributed by atoms with Crippen molar-refractivity contribution >= 4 is 64.9 Å².